The van der Waals surface area contributed by atoms with Gasteiger partial charge in [-0.3, -0.25) is 10.2 Å². The summed E-state index contributed by atoms with van der Waals surface area (Å²) in [6.45, 7) is 5.53. The van der Waals surface area contributed by atoms with E-state index in [0.717, 1.165) is 53.0 Å². The molecule has 1 aromatic heterocycles. The number of amidine groups is 1. The highest BCUT2D eigenvalue weighted by Gasteiger charge is 2.27. The van der Waals surface area contributed by atoms with Gasteiger partial charge < -0.3 is 25.7 Å². The summed E-state index contributed by atoms with van der Waals surface area (Å²) in [5, 5.41) is 17.1. The molecule has 0 spiro atoms. The number of hydrogen-bond donors (Lipinski definition) is 4. The number of ether oxygens (including phenoxy) is 1. The Morgan fingerprint density at radius 3 is 2.26 bits per heavy atom. The van der Waals surface area contributed by atoms with E-state index in [9.17, 15) is 9.59 Å². The van der Waals surface area contributed by atoms with Crippen molar-refractivity contribution in [2.75, 3.05) is 0 Å². The number of alkyl carbamates (subject to hydrolysis) is 1. The van der Waals surface area contributed by atoms with Gasteiger partial charge in [-0.05, 0) is 70.0 Å². The minimum atomic E-state index is -0.539. The SMILES string of the molecule is CC(C)(C)OC(=O)N[C@H]1CC[C@H](NC(=O)c2cc3ccc(C(=N)N)cc3n2-c2cccc3ccccc23)CC1. The molecule has 0 aliphatic heterocycles. The summed E-state index contributed by atoms with van der Waals surface area (Å²) in [4.78, 5) is 25.9. The lowest BCUT2D eigenvalue weighted by Gasteiger charge is -2.30. The lowest BCUT2D eigenvalue weighted by molar-refractivity contribution is 0.0488. The molecule has 5 N–H and O–H groups in total. The smallest absolute Gasteiger partial charge is 0.407 e. The summed E-state index contributed by atoms with van der Waals surface area (Å²) >= 11 is 0. The molecule has 5 rings (SSSR count). The van der Waals surface area contributed by atoms with Crippen LogP contribution in [0.15, 0.2) is 66.7 Å². The number of fused-ring (bicyclic) bond motifs is 2. The van der Waals surface area contributed by atoms with E-state index in [2.05, 4.69) is 22.8 Å². The summed E-state index contributed by atoms with van der Waals surface area (Å²) in [5.41, 5.74) is 8.10. The molecule has 8 nitrogen and oxygen atoms in total. The first-order chi connectivity index (χ1) is 18.6. The van der Waals surface area contributed by atoms with E-state index < -0.39 is 11.7 Å². The summed E-state index contributed by atoms with van der Waals surface area (Å²) < 4.78 is 7.35. The van der Waals surface area contributed by atoms with Crippen LogP contribution in [-0.2, 0) is 4.74 Å². The quantitative estimate of drug-likeness (QED) is 0.199. The first-order valence-electron chi connectivity index (χ1n) is 13.4. The monoisotopic (exact) mass is 525 g/mol. The topological polar surface area (TPSA) is 122 Å². The van der Waals surface area contributed by atoms with Crippen molar-refractivity contribution in [3.8, 4) is 5.69 Å². The van der Waals surface area contributed by atoms with Crippen molar-refractivity contribution in [2.24, 2.45) is 5.73 Å². The number of benzene rings is 3. The second-order valence-electron chi connectivity index (χ2n) is 11.2. The number of nitrogens with two attached hydrogens (primary N) is 1. The Hall–Kier alpha value is -4.33. The number of aromatic nitrogens is 1. The van der Waals surface area contributed by atoms with Gasteiger partial charge in [0.1, 0.15) is 17.1 Å². The number of nitrogens with one attached hydrogen (secondary N) is 3. The normalized spacial score (nSPS) is 17.6. The fraction of sp³-hybridized carbons (Fsp3) is 0.323. The Balaban J connectivity index is 1.41. The molecule has 0 bridgehead atoms. The van der Waals surface area contributed by atoms with Crippen molar-refractivity contribution < 1.29 is 14.3 Å². The molecule has 3 aromatic carbocycles. The maximum absolute atomic E-state index is 13.8. The van der Waals surface area contributed by atoms with Crippen molar-refractivity contribution in [2.45, 2.75) is 64.1 Å². The molecular formula is C31H35N5O3. The highest BCUT2D eigenvalue weighted by molar-refractivity contribution is 6.05. The fourth-order valence-electron chi connectivity index (χ4n) is 5.31. The third kappa shape index (κ3) is 5.74. The van der Waals surface area contributed by atoms with Crippen molar-refractivity contribution in [3.05, 3.63) is 78.0 Å². The standard InChI is InChI=1S/C31H35N5O3/c1-31(2,3)39-30(38)35-23-15-13-22(14-16-23)34-29(37)27-17-20-11-12-21(28(32)33)18-26(20)36(27)25-10-6-8-19-7-4-5-9-24(19)25/h4-12,17-18,22-23H,13-16H2,1-3H3,(H3,32,33)(H,34,37)(H,35,38)/t22-,23-. The average Bonchev–Trinajstić information content (AvgIpc) is 3.27. The average molecular weight is 526 g/mol. The summed E-state index contributed by atoms with van der Waals surface area (Å²) in [7, 11) is 0. The van der Waals surface area contributed by atoms with Gasteiger partial charge in [-0.1, -0.05) is 48.5 Å². The van der Waals surface area contributed by atoms with Crippen LogP contribution in [0.4, 0.5) is 4.79 Å². The third-order valence-corrected chi connectivity index (χ3v) is 7.14. The molecule has 1 aliphatic rings. The van der Waals surface area contributed by atoms with Crippen LogP contribution in [0.3, 0.4) is 0 Å². The highest BCUT2D eigenvalue weighted by Crippen LogP contribution is 2.31. The van der Waals surface area contributed by atoms with Gasteiger partial charge in [0.15, 0.2) is 0 Å². The maximum atomic E-state index is 13.8. The lowest BCUT2D eigenvalue weighted by atomic mass is 9.91. The Labute approximate surface area is 228 Å². The zero-order chi connectivity index (χ0) is 27.7. The van der Waals surface area contributed by atoms with Gasteiger partial charge in [-0.2, -0.15) is 0 Å². The number of hydrogen-bond acceptors (Lipinski definition) is 4. The fourth-order valence-corrected chi connectivity index (χ4v) is 5.31. The number of amides is 2. The Kier molecular flexibility index (Phi) is 7.04. The van der Waals surface area contributed by atoms with Crippen molar-refractivity contribution in [1.29, 1.82) is 5.41 Å². The number of nitrogen functional groups attached to an aromatic ring is 1. The first kappa shape index (κ1) is 26.3. The molecule has 0 unspecified atom stereocenters. The molecule has 1 aliphatic carbocycles. The van der Waals surface area contributed by atoms with E-state index in [1.165, 1.54) is 0 Å². The van der Waals surface area contributed by atoms with E-state index in [0.29, 0.717) is 11.3 Å². The minimum absolute atomic E-state index is 0.000877. The zero-order valence-electron chi connectivity index (χ0n) is 22.6. The second kappa shape index (κ2) is 10.4. The van der Waals surface area contributed by atoms with Crippen LogP contribution < -0.4 is 16.4 Å². The van der Waals surface area contributed by atoms with Crippen LogP contribution in [0.1, 0.15) is 62.5 Å². The molecular weight excluding hydrogens is 490 g/mol. The van der Waals surface area contributed by atoms with Crippen molar-refractivity contribution >= 4 is 39.5 Å². The third-order valence-electron chi connectivity index (χ3n) is 7.14. The molecule has 1 heterocycles. The molecule has 202 valence electrons. The van der Waals surface area contributed by atoms with Gasteiger partial charge in [-0.25, -0.2) is 4.79 Å². The second-order valence-corrected chi connectivity index (χ2v) is 11.2. The van der Waals surface area contributed by atoms with E-state index in [1.807, 2.05) is 73.9 Å². The van der Waals surface area contributed by atoms with Crippen LogP contribution in [0.25, 0.3) is 27.4 Å². The first-order valence-corrected chi connectivity index (χ1v) is 13.4. The van der Waals surface area contributed by atoms with Crippen LogP contribution in [0.2, 0.25) is 0 Å². The summed E-state index contributed by atoms with van der Waals surface area (Å²) in [5.74, 6) is -0.183. The van der Waals surface area contributed by atoms with E-state index in [4.69, 9.17) is 15.9 Å². The van der Waals surface area contributed by atoms with E-state index in [1.54, 1.807) is 6.07 Å². The summed E-state index contributed by atoms with van der Waals surface area (Å²) in [6, 6.07) is 21.6. The zero-order valence-corrected chi connectivity index (χ0v) is 22.6. The van der Waals surface area contributed by atoms with Crippen molar-refractivity contribution in [1.82, 2.24) is 15.2 Å². The Bertz CT molecular complexity index is 1550. The van der Waals surface area contributed by atoms with E-state index >= 15 is 0 Å². The van der Waals surface area contributed by atoms with Gasteiger partial charge >= 0.3 is 6.09 Å². The predicted octanol–water partition coefficient (Wildman–Crippen LogP) is 5.63. The highest BCUT2D eigenvalue weighted by atomic mass is 16.6. The number of rotatable bonds is 5. The van der Waals surface area contributed by atoms with Gasteiger partial charge in [0, 0.05) is 28.4 Å². The van der Waals surface area contributed by atoms with Gasteiger partial charge in [0.25, 0.3) is 5.91 Å². The molecule has 0 saturated heterocycles. The molecule has 0 radical (unpaired) electrons. The lowest BCUT2D eigenvalue weighted by Crippen LogP contribution is -2.45. The van der Waals surface area contributed by atoms with Crippen LogP contribution in [-0.4, -0.2) is 40.1 Å². The largest absolute Gasteiger partial charge is 0.444 e. The summed E-state index contributed by atoms with van der Waals surface area (Å²) in [6.07, 6.45) is 2.64. The molecule has 0 atom stereocenters. The number of carbonyl (C=O) groups excluding carboxylic acids is 2. The van der Waals surface area contributed by atoms with Crippen LogP contribution in [0, 0.1) is 5.41 Å². The Morgan fingerprint density at radius 2 is 1.56 bits per heavy atom. The van der Waals surface area contributed by atoms with Crippen molar-refractivity contribution in [3.63, 3.8) is 0 Å². The number of nitrogens with zero attached hydrogens (tertiary/aromatic N) is 1. The molecule has 4 aromatic rings. The minimum Gasteiger partial charge on any atom is -0.444 e. The molecule has 39 heavy (non-hydrogen) atoms. The maximum Gasteiger partial charge on any atom is 0.407 e. The van der Waals surface area contributed by atoms with E-state index in [-0.39, 0.29) is 23.8 Å². The Morgan fingerprint density at radius 1 is 0.897 bits per heavy atom. The van der Waals surface area contributed by atoms with Gasteiger partial charge in [0.05, 0.1) is 11.2 Å². The van der Waals surface area contributed by atoms with Crippen LogP contribution in [0.5, 0.6) is 0 Å². The van der Waals surface area contributed by atoms with Crippen LogP contribution >= 0.6 is 0 Å². The predicted molar refractivity (Wildman–Crippen MR) is 155 cm³/mol. The molecule has 8 heteroatoms. The molecule has 1 saturated carbocycles. The number of carbonyl (C=O) groups is 2. The van der Waals surface area contributed by atoms with Gasteiger partial charge in [0.2, 0.25) is 0 Å². The van der Waals surface area contributed by atoms with Gasteiger partial charge in [-0.15, -0.1) is 0 Å². The molecule has 2 amide bonds. The molecule has 1 fully saturated rings.